The van der Waals surface area contributed by atoms with Gasteiger partial charge in [0.2, 0.25) is 0 Å². The van der Waals surface area contributed by atoms with Gasteiger partial charge in [0.15, 0.2) is 6.10 Å². The van der Waals surface area contributed by atoms with E-state index in [9.17, 15) is 4.79 Å². The van der Waals surface area contributed by atoms with Crippen LogP contribution in [0.25, 0.3) is 0 Å². The summed E-state index contributed by atoms with van der Waals surface area (Å²) in [5.74, 6) is 0.822. The van der Waals surface area contributed by atoms with Crippen molar-refractivity contribution in [2.24, 2.45) is 0 Å². The minimum Gasteiger partial charge on any atom is -0.480 e. The molecule has 1 atom stereocenters. The van der Waals surface area contributed by atoms with Crippen molar-refractivity contribution < 1.29 is 9.53 Å². The van der Waals surface area contributed by atoms with Crippen LogP contribution in [-0.4, -0.2) is 18.6 Å². The van der Waals surface area contributed by atoms with Crippen LogP contribution in [0.5, 0.6) is 5.75 Å². The third-order valence-electron chi connectivity index (χ3n) is 4.66. The molecule has 0 saturated carbocycles. The van der Waals surface area contributed by atoms with Gasteiger partial charge in [-0.3, -0.25) is 4.79 Å². The molecule has 0 bridgehead atoms. The molecule has 0 radical (unpaired) electrons. The third-order valence-corrected chi connectivity index (χ3v) is 4.89. The van der Waals surface area contributed by atoms with Crippen molar-refractivity contribution in [3.8, 4) is 5.75 Å². The minimum atomic E-state index is -0.450. The van der Waals surface area contributed by atoms with Gasteiger partial charge in [0.1, 0.15) is 5.75 Å². The quantitative estimate of drug-likeness (QED) is 0.794. The number of halogens is 1. The summed E-state index contributed by atoms with van der Waals surface area (Å²) in [7, 11) is 0. The van der Waals surface area contributed by atoms with Crippen molar-refractivity contribution in [3.05, 3.63) is 58.1 Å². The van der Waals surface area contributed by atoms with Crippen LogP contribution in [0.1, 0.15) is 23.1 Å². The zero-order valence-electron chi connectivity index (χ0n) is 13.0. The number of nitrogens with zero attached hydrogens (tertiary/aromatic N) is 1. The smallest absolute Gasteiger partial charge is 0.268 e. The van der Waals surface area contributed by atoms with Crippen LogP contribution in [0.2, 0.25) is 5.02 Å². The van der Waals surface area contributed by atoms with Gasteiger partial charge >= 0.3 is 0 Å². The van der Waals surface area contributed by atoms with Crippen molar-refractivity contribution in [1.82, 2.24) is 0 Å². The van der Waals surface area contributed by atoms with Crippen LogP contribution in [0.4, 0.5) is 5.69 Å². The van der Waals surface area contributed by atoms with Gasteiger partial charge in [-0.25, -0.2) is 0 Å². The summed E-state index contributed by atoms with van der Waals surface area (Å²) in [5, 5.41) is 0.680. The lowest BCUT2D eigenvalue weighted by molar-refractivity contribution is -0.124. The first kappa shape index (κ1) is 14.6. The molecule has 0 aliphatic carbocycles. The topological polar surface area (TPSA) is 29.5 Å². The number of carbonyl (C=O) groups is 1. The summed E-state index contributed by atoms with van der Waals surface area (Å²) in [4.78, 5) is 14.9. The number of amides is 1. The van der Waals surface area contributed by atoms with Crippen LogP contribution in [0, 0.1) is 6.92 Å². The molecule has 0 N–H and O–H groups in total. The van der Waals surface area contributed by atoms with E-state index in [0.29, 0.717) is 11.4 Å². The monoisotopic (exact) mass is 327 g/mol. The Bertz CT molecular complexity index is 787. The number of hydrogen-bond acceptors (Lipinski definition) is 2. The molecule has 2 aromatic rings. The zero-order valence-corrected chi connectivity index (χ0v) is 13.8. The highest BCUT2D eigenvalue weighted by Gasteiger charge is 2.35. The summed E-state index contributed by atoms with van der Waals surface area (Å²) >= 11 is 6.04. The van der Waals surface area contributed by atoms with Crippen molar-refractivity contribution in [1.29, 1.82) is 0 Å². The summed E-state index contributed by atoms with van der Waals surface area (Å²) in [6.45, 7) is 2.82. The highest BCUT2D eigenvalue weighted by Crippen LogP contribution is 2.35. The van der Waals surface area contributed by atoms with E-state index in [1.807, 2.05) is 17.0 Å². The average molecular weight is 328 g/mol. The maximum atomic E-state index is 13.0. The first-order valence-electron chi connectivity index (χ1n) is 7.98. The average Bonchev–Trinajstić information content (AvgIpc) is 2.97. The fraction of sp³-hybridized carbons (Fsp3) is 0.316. The van der Waals surface area contributed by atoms with Gasteiger partial charge in [-0.1, -0.05) is 29.8 Å². The lowest BCUT2D eigenvalue weighted by Gasteiger charge is -2.32. The number of benzene rings is 2. The number of carbonyl (C=O) groups excluding carboxylic acids is 1. The first-order chi connectivity index (χ1) is 11.1. The fourth-order valence-electron chi connectivity index (χ4n) is 3.60. The Morgan fingerprint density at radius 1 is 1.26 bits per heavy atom. The largest absolute Gasteiger partial charge is 0.480 e. The van der Waals surface area contributed by atoms with E-state index in [1.54, 1.807) is 6.07 Å². The predicted octanol–water partition coefficient (Wildman–Crippen LogP) is 3.93. The van der Waals surface area contributed by atoms with E-state index >= 15 is 0 Å². The number of fused-ring (bicyclic) bond motifs is 2. The Balaban J connectivity index is 1.63. The second kappa shape index (κ2) is 5.57. The Labute approximate surface area is 140 Å². The first-order valence-corrected chi connectivity index (χ1v) is 8.36. The molecule has 2 heterocycles. The molecule has 118 valence electrons. The number of hydrogen-bond donors (Lipinski definition) is 0. The molecular weight excluding hydrogens is 310 g/mol. The molecule has 1 amide bonds. The summed E-state index contributed by atoms with van der Waals surface area (Å²) < 4.78 is 5.88. The molecule has 0 fully saturated rings. The van der Waals surface area contributed by atoms with Crippen LogP contribution < -0.4 is 9.64 Å². The highest BCUT2D eigenvalue weighted by molar-refractivity contribution is 6.30. The Morgan fingerprint density at radius 2 is 2.13 bits per heavy atom. The second-order valence-corrected chi connectivity index (χ2v) is 6.68. The molecular formula is C19H18ClNO2. The molecule has 0 spiro atoms. The Hall–Kier alpha value is -2.00. The third kappa shape index (κ3) is 2.49. The number of rotatable bonds is 1. The van der Waals surface area contributed by atoms with E-state index in [4.69, 9.17) is 16.3 Å². The highest BCUT2D eigenvalue weighted by atomic mass is 35.5. The molecule has 23 heavy (non-hydrogen) atoms. The summed E-state index contributed by atoms with van der Waals surface area (Å²) in [6, 6.07) is 11.8. The van der Waals surface area contributed by atoms with Gasteiger partial charge in [-0.15, -0.1) is 0 Å². The normalized spacial score (nSPS) is 19.0. The van der Waals surface area contributed by atoms with Gasteiger partial charge in [-0.05, 0) is 54.7 Å². The van der Waals surface area contributed by atoms with E-state index < -0.39 is 6.10 Å². The van der Waals surface area contributed by atoms with Gasteiger partial charge < -0.3 is 9.64 Å². The van der Waals surface area contributed by atoms with Crippen LogP contribution >= 0.6 is 11.6 Å². The number of para-hydroxylation sites is 1. The molecule has 2 aliphatic heterocycles. The van der Waals surface area contributed by atoms with Gasteiger partial charge in [0, 0.05) is 23.7 Å². The van der Waals surface area contributed by atoms with Crippen molar-refractivity contribution in [2.45, 2.75) is 32.3 Å². The zero-order chi connectivity index (χ0) is 16.0. The predicted molar refractivity (Wildman–Crippen MR) is 91.4 cm³/mol. The van der Waals surface area contributed by atoms with Crippen molar-refractivity contribution in [2.75, 3.05) is 11.4 Å². The van der Waals surface area contributed by atoms with E-state index in [1.165, 1.54) is 5.56 Å². The second-order valence-electron chi connectivity index (χ2n) is 6.24. The summed E-state index contributed by atoms with van der Waals surface area (Å²) in [5.41, 5.74) is 4.48. The molecule has 1 unspecified atom stereocenters. The molecule has 0 aromatic heterocycles. The Kier molecular flexibility index (Phi) is 3.53. The molecule has 3 nitrogen and oxygen atoms in total. The molecule has 2 aliphatic rings. The minimum absolute atomic E-state index is 0.0487. The van der Waals surface area contributed by atoms with Gasteiger partial charge in [0.25, 0.3) is 5.91 Å². The SMILES string of the molecule is Cc1cccc2c1N(C(=O)C1Cc3cc(Cl)ccc3O1)CCC2. The standard InChI is InChI=1S/C19H18ClNO2/c1-12-4-2-5-13-6-3-9-21(18(12)13)19(22)17-11-14-10-15(20)7-8-16(14)23-17/h2,4-5,7-8,10,17H,3,6,9,11H2,1H3. The van der Waals surface area contributed by atoms with Crippen LogP contribution in [0.15, 0.2) is 36.4 Å². The van der Waals surface area contributed by atoms with Crippen LogP contribution in [-0.2, 0) is 17.6 Å². The Morgan fingerprint density at radius 3 is 3.00 bits per heavy atom. The molecule has 4 rings (SSSR count). The number of aryl methyl sites for hydroxylation is 2. The summed E-state index contributed by atoms with van der Waals surface area (Å²) in [6.07, 6.45) is 2.16. The van der Waals surface area contributed by atoms with E-state index in [0.717, 1.165) is 42.0 Å². The lowest BCUT2D eigenvalue weighted by atomic mass is 9.97. The maximum Gasteiger partial charge on any atom is 0.268 e. The van der Waals surface area contributed by atoms with Gasteiger partial charge in [-0.2, -0.15) is 0 Å². The fourth-order valence-corrected chi connectivity index (χ4v) is 3.79. The molecule has 0 saturated heterocycles. The lowest BCUT2D eigenvalue weighted by Crippen LogP contribution is -2.44. The van der Waals surface area contributed by atoms with Crippen molar-refractivity contribution >= 4 is 23.2 Å². The van der Waals surface area contributed by atoms with Crippen molar-refractivity contribution in [3.63, 3.8) is 0 Å². The number of anilines is 1. The molecule has 2 aromatic carbocycles. The molecule has 4 heteroatoms. The van der Waals surface area contributed by atoms with E-state index in [-0.39, 0.29) is 5.91 Å². The van der Waals surface area contributed by atoms with Gasteiger partial charge in [0.05, 0.1) is 0 Å². The number of ether oxygens (including phenoxy) is 1. The van der Waals surface area contributed by atoms with Crippen LogP contribution in [0.3, 0.4) is 0 Å². The van der Waals surface area contributed by atoms with E-state index in [2.05, 4.69) is 25.1 Å². The maximum absolute atomic E-state index is 13.0.